The van der Waals surface area contributed by atoms with E-state index in [1.54, 1.807) is 0 Å². The fraction of sp³-hybridized carbons (Fsp3) is 0.406. The maximum Gasteiger partial charge on any atom is 0.253 e. The minimum atomic E-state index is -0.195. The second kappa shape index (κ2) is 8.80. The molecule has 0 radical (unpaired) electrons. The van der Waals surface area contributed by atoms with Crippen LogP contribution in [-0.4, -0.2) is 44.6 Å². The summed E-state index contributed by atoms with van der Waals surface area (Å²) in [5.74, 6) is 0.842. The van der Waals surface area contributed by atoms with Gasteiger partial charge in [0.05, 0.1) is 5.54 Å². The average Bonchev–Trinajstić information content (AvgIpc) is 3.16. The van der Waals surface area contributed by atoms with Crippen LogP contribution >= 0.6 is 0 Å². The molecule has 3 fully saturated rings. The third kappa shape index (κ3) is 3.80. The first-order valence-corrected chi connectivity index (χ1v) is 14.3. The van der Waals surface area contributed by atoms with E-state index in [0.29, 0.717) is 23.2 Å². The van der Waals surface area contributed by atoms with E-state index in [1.807, 2.05) is 39.1 Å². The molecule has 5 heterocycles. The van der Waals surface area contributed by atoms with Gasteiger partial charge in [0.1, 0.15) is 5.82 Å². The first-order valence-electron chi connectivity index (χ1n) is 14.3. The van der Waals surface area contributed by atoms with Crippen LogP contribution < -0.4 is 21.1 Å². The summed E-state index contributed by atoms with van der Waals surface area (Å²) in [4.78, 5) is 36.5. The Balaban J connectivity index is 1.24. The smallest absolute Gasteiger partial charge is 0.253 e. The number of aryl methyl sites for hydroxylation is 3. The van der Waals surface area contributed by atoms with Crippen LogP contribution in [0.25, 0.3) is 22.0 Å². The maximum atomic E-state index is 13.7. The number of nitrogens with zero attached hydrogens (tertiary/aromatic N) is 3. The molecule has 2 saturated heterocycles. The van der Waals surface area contributed by atoms with Crippen molar-refractivity contribution in [1.82, 2.24) is 25.2 Å². The number of hydrogen-bond acceptors (Lipinski definition) is 5. The number of pyridine rings is 2. The molecule has 206 valence electrons. The fourth-order valence-electron chi connectivity index (χ4n) is 7.20. The summed E-state index contributed by atoms with van der Waals surface area (Å²) >= 11 is 0. The molecule has 2 bridgehead atoms. The minimum absolute atomic E-state index is 0.163. The molecule has 1 spiro atoms. The summed E-state index contributed by atoms with van der Waals surface area (Å²) in [6.45, 7) is 11.3. The summed E-state index contributed by atoms with van der Waals surface area (Å²) in [5, 5.41) is 7.67. The number of carbonyl (C=O) groups excluding carboxylic acids is 1. The summed E-state index contributed by atoms with van der Waals surface area (Å²) < 4.78 is 2.22. The van der Waals surface area contributed by atoms with E-state index in [1.165, 1.54) is 12.8 Å². The fourth-order valence-corrected chi connectivity index (χ4v) is 7.20. The third-order valence-corrected chi connectivity index (χ3v) is 9.22. The monoisotopic (exact) mass is 536 g/mol. The van der Waals surface area contributed by atoms with Gasteiger partial charge in [-0.1, -0.05) is 0 Å². The lowest BCUT2D eigenvalue weighted by Crippen LogP contribution is -2.44. The van der Waals surface area contributed by atoms with Crippen LogP contribution in [0, 0.1) is 20.8 Å². The van der Waals surface area contributed by atoms with Gasteiger partial charge in [0, 0.05) is 76.9 Å². The van der Waals surface area contributed by atoms with Crippen LogP contribution in [0.2, 0.25) is 0 Å². The molecule has 1 amide bonds. The number of piperidine rings is 1. The molecule has 1 saturated carbocycles. The van der Waals surface area contributed by atoms with Crippen molar-refractivity contribution in [3.8, 4) is 11.1 Å². The van der Waals surface area contributed by atoms with Crippen LogP contribution in [0.5, 0.6) is 0 Å². The van der Waals surface area contributed by atoms with Crippen molar-refractivity contribution in [2.24, 2.45) is 0 Å². The Morgan fingerprint density at radius 2 is 1.95 bits per heavy atom. The van der Waals surface area contributed by atoms with Gasteiger partial charge in [0.15, 0.2) is 0 Å². The zero-order valence-electron chi connectivity index (χ0n) is 23.8. The van der Waals surface area contributed by atoms with Crippen molar-refractivity contribution in [3.63, 3.8) is 0 Å². The second-order valence-electron chi connectivity index (χ2n) is 12.3. The average molecular weight is 537 g/mol. The van der Waals surface area contributed by atoms with Gasteiger partial charge in [-0.15, -0.1) is 0 Å². The van der Waals surface area contributed by atoms with Gasteiger partial charge in [-0.05, 0) is 94.5 Å². The number of fused-ring (bicyclic) bond motifs is 2. The lowest BCUT2D eigenvalue weighted by atomic mass is 9.98. The van der Waals surface area contributed by atoms with Crippen molar-refractivity contribution in [3.05, 3.63) is 81.0 Å². The van der Waals surface area contributed by atoms with Gasteiger partial charge in [-0.2, -0.15) is 0 Å². The molecular formula is C32H36N6O2. The number of carbonyl (C=O) groups is 1. The van der Waals surface area contributed by atoms with Gasteiger partial charge < -0.3 is 25.1 Å². The molecule has 40 heavy (non-hydrogen) atoms. The molecule has 3 unspecified atom stereocenters. The Morgan fingerprint density at radius 1 is 1.12 bits per heavy atom. The largest absolute Gasteiger partial charge is 0.348 e. The summed E-state index contributed by atoms with van der Waals surface area (Å²) in [6.07, 6.45) is 6.49. The van der Waals surface area contributed by atoms with Gasteiger partial charge >= 0.3 is 0 Å². The number of anilines is 1. The normalized spacial score (nSPS) is 22.8. The van der Waals surface area contributed by atoms with Crippen molar-refractivity contribution in [1.29, 1.82) is 0 Å². The molecule has 1 aromatic carbocycles. The zero-order valence-corrected chi connectivity index (χ0v) is 23.8. The van der Waals surface area contributed by atoms with E-state index >= 15 is 0 Å². The van der Waals surface area contributed by atoms with E-state index in [2.05, 4.69) is 63.3 Å². The lowest BCUT2D eigenvalue weighted by Gasteiger charge is -2.28. The number of hydrogen-bond donors (Lipinski definition) is 3. The van der Waals surface area contributed by atoms with Gasteiger partial charge in [-0.3, -0.25) is 9.59 Å². The molecule has 3 N–H and O–H groups in total. The molecule has 3 atom stereocenters. The molecule has 7 rings (SSSR count). The second-order valence-corrected chi connectivity index (χ2v) is 12.3. The van der Waals surface area contributed by atoms with Crippen molar-refractivity contribution >= 4 is 22.6 Å². The molecule has 3 aliphatic rings. The number of nitrogens with one attached hydrogen (secondary N) is 3. The predicted molar refractivity (Wildman–Crippen MR) is 158 cm³/mol. The standard InChI is InChI=1S/C32H36N6O2/c1-17(2)37-15-19(4)29-24(30(39)34-14-25-18(3)8-20(5)35-31(25)40)9-22(10-26(29)37)21-6-7-28(33-13-21)38-16-23-11-32(38)12-27(32)36-23/h6-10,13,15,17,23,27,36H,11-12,14,16H2,1-5H3,(H,34,39)(H,35,40). The molecule has 4 aromatic rings. The van der Waals surface area contributed by atoms with E-state index in [-0.39, 0.29) is 29.6 Å². The maximum absolute atomic E-state index is 13.7. The quantitative estimate of drug-likeness (QED) is 0.337. The molecular weight excluding hydrogens is 500 g/mol. The van der Waals surface area contributed by atoms with E-state index in [4.69, 9.17) is 4.98 Å². The third-order valence-electron chi connectivity index (χ3n) is 9.22. The number of rotatable bonds is 6. The number of aromatic amines is 1. The van der Waals surface area contributed by atoms with Gasteiger partial charge in [0.2, 0.25) is 0 Å². The topological polar surface area (TPSA) is 95.1 Å². The van der Waals surface area contributed by atoms with Crippen LogP contribution in [0.3, 0.4) is 0 Å². The first kappa shape index (κ1) is 25.1. The minimum Gasteiger partial charge on any atom is -0.348 e. The number of piperazine rings is 1. The van der Waals surface area contributed by atoms with Crippen LogP contribution in [-0.2, 0) is 6.54 Å². The van der Waals surface area contributed by atoms with Crippen LogP contribution in [0.15, 0.2) is 47.5 Å². The van der Waals surface area contributed by atoms with Crippen LogP contribution in [0.4, 0.5) is 5.82 Å². The molecule has 1 aliphatic carbocycles. The number of benzene rings is 1. The predicted octanol–water partition coefficient (Wildman–Crippen LogP) is 4.52. The highest BCUT2D eigenvalue weighted by molar-refractivity contribution is 6.09. The highest BCUT2D eigenvalue weighted by Crippen LogP contribution is 2.56. The summed E-state index contributed by atoms with van der Waals surface area (Å²) in [6, 6.07) is 11.8. The van der Waals surface area contributed by atoms with Gasteiger partial charge in [0.25, 0.3) is 11.5 Å². The highest BCUT2D eigenvalue weighted by Gasteiger charge is 2.68. The van der Waals surface area contributed by atoms with E-state index in [9.17, 15) is 9.59 Å². The Morgan fingerprint density at radius 3 is 2.62 bits per heavy atom. The first-order chi connectivity index (χ1) is 19.1. The number of amides is 1. The Bertz CT molecular complexity index is 1730. The summed E-state index contributed by atoms with van der Waals surface area (Å²) in [5.41, 5.74) is 6.97. The van der Waals surface area contributed by atoms with Crippen LogP contribution in [0.1, 0.15) is 65.5 Å². The van der Waals surface area contributed by atoms with Crippen molar-refractivity contribution in [2.75, 3.05) is 11.4 Å². The Labute approximate surface area is 233 Å². The van der Waals surface area contributed by atoms with Gasteiger partial charge in [-0.25, -0.2) is 4.98 Å². The molecule has 8 heteroatoms. The van der Waals surface area contributed by atoms with E-state index < -0.39 is 0 Å². The summed E-state index contributed by atoms with van der Waals surface area (Å²) in [7, 11) is 0. The number of aromatic nitrogens is 3. The number of H-pyrrole nitrogens is 1. The molecule has 8 nitrogen and oxygen atoms in total. The van der Waals surface area contributed by atoms with Crippen molar-refractivity contribution in [2.45, 2.75) is 77.7 Å². The lowest BCUT2D eigenvalue weighted by molar-refractivity contribution is 0.0952. The SMILES string of the molecule is Cc1cc(C)c(CNC(=O)c2cc(-c3ccc(N4CC5CC46CC6N5)nc3)cc3c2c(C)cn3C(C)C)c(=O)[nH]1. The highest BCUT2D eigenvalue weighted by atomic mass is 16.1. The Kier molecular flexibility index (Phi) is 5.52. The zero-order chi connectivity index (χ0) is 27.9. The molecule has 2 aliphatic heterocycles. The molecule has 3 aromatic heterocycles. The van der Waals surface area contributed by atoms with E-state index in [0.717, 1.165) is 51.2 Å². The Hall–Kier alpha value is -3.91. The van der Waals surface area contributed by atoms with Crippen molar-refractivity contribution < 1.29 is 4.79 Å².